The monoisotopic (exact) mass is 350 g/mol. The van der Waals surface area contributed by atoms with Crippen molar-refractivity contribution in [3.8, 4) is 0 Å². The van der Waals surface area contributed by atoms with Crippen LogP contribution in [0.25, 0.3) is 0 Å². The van der Waals surface area contributed by atoms with Crippen LogP contribution < -0.4 is 10.9 Å². The van der Waals surface area contributed by atoms with Crippen molar-refractivity contribution < 1.29 is 4.79 Å². The molecule has 0 radical (unpaired) electrons. The van der Waals surface area contributed by atoms with Gasteiger partial charge in [0.15, 0.2) is 11.0 Å². The molecule has 0 saturated heterocycles. The number of benzene rings is 1. The molecule has 1 spiro atoms. The van der Waals surface area contributed by atoms with E-state index in [1.54, 1.807) is 24.3 Å². The molecule has 1 aromatic carbocycles. The van der Waals surface area contributed by atoms with Crippen molar-refractivity contribution in [2.75, 3.05) is 6.26 Å². The molecule has 3 rings (SSSR count). The predicted molar refractivity (Wildman–Crippen MR) is 96.3 cm³/mol. The first kappa shape index (κ1) is 16.3. The highest BCUT2D eigenvalue weighted by atomic mass is 35.5. The van der Waals surface area contributed by atoms with Gasteiger partial charge in [-0.1, -0.05) is 42.6 Å². The van der Waals surface area contributed by atoms with Crippen molar-refractivity contribution in [1.82, 2.24) is 10.9 Å². The summed E-state index contributed by atoms with van der Waals surface area (Å²) in [6.45, 7) is 0. The van der Waals surface area contributed by atoms with Crippen LogP contribution in [0.3, 0.4) is 0 Å². The standard InChI is InChI=1S/C16H19ClN4OS/c1-23-15-18-14(16(19-15)9-3-2-4-10-16)21-20-13(22)11-5-7-12(17)8-6-11/h5-8H,2-4,9-10H2,1H3,(H,20,22)(H,18,19,21). The van der Waals surface area contributed by atoms with Gasteiger partial charge >= 0.3 is 0 Å². The Bertz CT molecular complexity index is 651. The second kappa shape index (κ2) is 6.93. The lowest BCUT2D eigenvalue weighted by molar-refractivity contribution is 0.0942. The average molecular weight is 351 g/mol. The maximum atomic E-state index is 12.2. The normalized spacial score (nSPS) is 19.2. The number of hydrazine groups is 1. The molecule has 0 bridgehead atoms. The van der Waals surface area contributed by atoms with E-state index in [-0.39, 0.29) is 11.4 Å². The second-order valence-electron chi connectivity index (χ2n) is 5.74. The third kappa shape index (κ3) is 3.53. The van der Waals surface area contributed by atoms with Gasteiger partial charge in [-0.2, -0.15) is 0 Å². The zero-order valence-corrected chi connectivity index (χ0v) is 14.5. The average Bonchev–Trinajstić information content (AvgIpc) is 2.91. The maximum Gasteiger partial charge on any atom is 0.269 e. The van der Waals surface area contributed by atoms with Gasteiger partial charge in [0.05, 0.1) is 0 Å². The molecule has 5 nitrogen and oxygen atoms in total. The summed E-state index contributed by atoms with van der Waals surface area (Å²) in [6.07, 6.45) is 7.41. The highest BCUT2D eigenvalue weighted by Crippen LogP contribution is 2.36. The Balaban J connectivity index is 1.69. The molecule has 1 saturated carbocycles. The molecule has 1 aromatic rings. The third-order valence-electron chi connectivity index (χ3n) is 4.22. The number of rotatable bonds is 1. The van der Waals surface area contributed by atoms with Crippen molar-refractivity contribution >= 4 is 40.3 Å². The summed E-state index contributed by atoms with van der Waals surface area (Å²) in [6, 6.07) is 6.77. The maximum absolute atomic E-state index is 12.2. The minimum absolute atomic E-state index is 0.215. The highest BCUT2D eigenvalue weighted by Gasteiger charge is 2.41. The van der Waals surface area contributed by atoms with Gasteiger partial charge in [0.2, 0.25) is 0 Å². The Kier molecular flexibility index (Phi) is 4.92. The zero-order chi connectivity index (χ0) is 16.3. The largest absolute Gasteiger partial charge is 0.283 e. The van der Waals surface area contributed by atoms with E-state index in [1.165, 1.54) is 18.2 Å². The van der Waals surface area contributed by atoms with Crippen molar-refractivity contribution in [3.63, 3.8) is 0 Å². The van der Waals surface area contributed by atoms with Crippen LogP contribution >= 0.6 is 23.4 Å². The van der Waals surface area contributed by atoms with E-state index >= 15 is 0 Å². The molecule has 2 N–H and O–H groups in total. The predicted octanol–water partition coefficient (Wildman–Crippen LogP) is 3.41. The van der Waals surface area contributed by atoms with Gasteiger partial charge in [0.1, 0.15) is 5.54 Å². The lowest BCUT2D eigenvalue weighted by Crippen LogP contribution is -2.51. The molecule has 1 heterocycles. The Labute approximate surface area is 145 Å². The van der Waals surface area contributed by atoms with E-state index in [0.29, 0.717) is 10.6 Å². The third-order valence-corrected chi connectivity index (χ3v) is 5.02. The first-order valence-electron chi connectivity index (χ1n) is 7.68. The summed E-state index contributed by atoms with van der Waals surface area (Å²) in [7, 11) is 0. The lowest BCUT2D eigenvalue weighted by atomic mass is 9.81. The number of amides is 1. The summed E-state index contributed by atoms with van der Waals surface area (Å²) >= 11 is 7.37. The van der Waals surface area contributed by atoms with Crippen molar-refractivity contribution in [3.05, 3.63) is 34.9 Å². The minimum atomic E-state index is -0.288. The molecule has 7 heteroatoms. The fourth-order valence-electron chi connectivity index (χ4n) is 2.97. The van der Waals surface area contributed by atoms with E-state index in [0.717, 1.165) is 36.7 Å². The zero-order valence-electron chi connectivity index (χ0n) is 12.9. The molecule has 0 unspecified atom stereocenters. The molecule has 1 aliphatic heterocycles. The quantitative estimate of drug-likeness (QED) is 0.763. The first-order chi connectivity index (χ1) is 11.1. The Morgan fingerprint density at radius 1 is 1.22 bits per heavy atom. The number of nitrogens with zero attached hydrogens (tertiary/aromatic N) is 2. The van der Waals surface area contributed by atoms with Gasteiger partial charge in [-0.05, 0) is 43.4 Å². The Morgan fingerprint density at radius 3 is 2.57 bits per heavy atom. The molecule has 2 aliphatic rings. The van der Waals surface area contributed by atoms with Crippen LogP contribution in [0.2, 0.25) is 5.02 Å². The van der Waals surface area contributed by atoms with Gasteiger partial charge < -0.3 is 0 Å². The van der Waals surface area contributed by atoms with Crippen LogP contribution in [0.1, 0.15) is 42.5 Å². The van der Waals surface area contributed by atoms with Gasteiger partial charge in [-0.3, -0.25) is 15.6 Å². The SMILES string of the molecule is CSC1=NC2(CCCCC2)C(NNC(=O)c2ccc(Cl)cc2)=N1. The molecular weight excluding hydrogens is 332 g/mol. The highest BCUT2D eigenvalue weighted by molar-refractivity contribution is 8.13. The summed E-state index contributed by atoms with van der Waals surface area (Å²) in [4.78, 5) is 21.6. The number of halogens is 1. The lowest BCUT2D eigenvalue weighted by Gasteiger charge is -2.31. The number of nitrogens with one attached hydrogen (secondary N) is 2. The van der Waals surface area contributed by atoms with E-state index in [2.05, 4.69) is 15.8 Å². The number of aliphatic imine (C=N–C) groups is 2. The first-order valence-corrected chi connectivity index (χ1v) is 9.28. The molecule has 122 valence electrons. The number of thioether (sulfide) groups is 1. The van der Waals surface area contributed by atoms with Crippen molar-refractivity contribution in [1.29, 1.82) is 0 Å². The van der Waals surface area contributed by atoms with E-state index in [1.807, 2.05) is 6.26 Å². The molecule has 0 aromatic heterocycles. The van der Waals surface area contributed by atoms with Crippen LogP contribution in [0.4, 0.5) is 0 Å². The molecular formula is C16H19ClN4OS. The van der Waals surface area contributed by atoms with Crippen molar-refractivity contribution in [2.45, 2.75) is 37.6 Å². The molecule has 23 heavy (non-hydrogen) atoms. The fourth-order valence-corrected chi connectivity index (χ4v) is 3.55. The minimum Gasteiger partial charge on any atom is -0.283 e. The number of hydrogen-bond donors (Lipinski definition) is 2. The van der Waals surface area contributed by atoms with Crippen LogP contribution in [0.15, 0.2) is 34.3 Å². The van der Waals surface area contributed by atoms with Crippen LogP contribution in [-0.4, -0.2) is 28.7 Å². The fraction of sp³-hybridized carbons (Fsp3) is 0.438. The van der Waals surface area contributed by atoms with Crippen LogP contribution in [0, 0.1) is 0 Å². The number of carbonyl (C=O) groups is 1. The number of carbonyl (C=O) groups excluding carboxylic acids is 1. The van der Waals surface area contributed by atoms with Crippen LogP contribution in [-0.2, 0) is 0 Å². The molecule has 1 amide bonds. The smallest absolute Gasteiger partial charge is 0.269 e. The summed E-state index contributed by atoms with van der Waals surface area (Å²) in [5, 5.41) is 1.38. The van der Waals surface area contributed by atoms with E-state index in [9.17, 15) is 4.79 Å². The van der Waals surface area contributed by atoms with E-state index < -0.39 is 0 Å². The summed E-state index contributed by atoms with van der Waals surface area (Å²) in [5.74, 6) is 0.539. The molecule has 1 fully saturated rings. The van der Waals surface area contributed by atoms with Gasteiger partial charge in [0, 0.05) is 10.6 Å². The van der Waals surface area contributed by atoms with Gasteiger partial charge in [0.25, 0.3) is 5.91 Å². The van der Waals surface area contributed by atoms with E-state index in [4.69, 9.17) is 16.6 Å². The van der Waals surface area contributed by atoms with Gasteiger partial charge in [-0.15, -0.1) is 0 Å². The summed E-state index contributed by atoms with van der Waals surface area (Å²) < 4.78 is 0. The summed E-state index contributed by atoms with van der Waals surface area (Å²) in [5.41, 5.74) is 6.00. The molecule has 0 atom stereocenters. The number of hydrogen-bond acceptors (Lipinski definition) is 5. The second-order valence-corrected chi connectivity index (χ2v) is 6.95. The molecule has 1 aliphatic carbocycles. The van der Waals surface area contributed by atoms with Crippen LogP contribution in [0.5, 0.6) is 0 Å². The number of amidine groups is 2. The van der Waals surface area contributed by atoms with Crippen molar-refractivity contribution in [2.24, 2.45) is 9.98 Å². The topological polar surface area (TPSA) is 65.8 Å². The Hall–Kier alpha value is -1.53. The Morgan fingerprint density at radius 2 is 1.91 bits per heavy atom. The van der Waals surface area contributed by atoms with Gasteiger partial charge in [-0.25, -0.2) is 9.98 Å².